The lowest BCUT2D eigenvalue weighted by Gasteiger charge is -2.16. The molecule has 0 bridgehead atoms. The highest BCUT2D eigenvalue weighted by atomic mass is 32.2. The van der Waals surface area contributed by atoms with E-state index in [1.807, 2.05) is 0 Å². The van der Waals surface area contributed by atoms with Crippen LogP contribution in [0.3, 0.4) is 0 Å². The molecule has 0 unspecified atom stereocenters. The Bertz CT molecular complexity index is 1320. The number of nitrogens with zero attached hydrogens (tertiary/aromatic N) is 2. The van der Waals surface area contributed by atoms with Gasteiger partial charge >= 0.3 is 12.4 Å². The SMILES string of the molecule is CNS(=O)(=O)c1ccc(OCC(F)(F)F)c(Nc2cc(Nc3ccc(OCC(F)(F)F)cc3)ncn2)c1. The van der Waals surface area contributed by atoms with Crippen LogP contribution in [-0.2, 0) is 10.0 Å². The Morgan fingerprint density at radius 1 is 0.811 bits per heavy atom. The molecule has 0 spiro atoms. The second-order valence-corrected chi connectivity index (χ2v) is 9.12. The van der Waals surface area contributed by atoms with Gasteiger partial charge in [-0.05, 0) is 49.5 Å². The van der Waals surface area contributed by atoms with Crippen molar-refractivity contribution in [2.45, 2.75) is 17.2 Å². The average Bonchev–Trinajstić information content (AvgIpc) is 2.82. The van der Waals surface area contributed by atoms with Gasteiger partial charge in [-0.1, -0.05) is 0 Å². The third-order valence-corrected chi connectivity index (χ3v) is 5.79. The minimum atomic E-state index is -4.63. The Kier molecular flexibility index (Phi) is 8.32. The monoisotopic (exact) mass is 551 g/mol. The van der Waals surface area contributed by atoms with Crippen molar-refractivity contribution in [2.75, 3.05) is 30.9 Å². The molecule has 3 N–H and O–H groups in total. The van der Waals surface area contributed by atoms with Gasteiger partial charge in [-0.2, -0.15) is 26.3 Å². The Balaban J connectivity index is 1.79. The summed E-state index contributed by atoms with van der Waals surface area (Å²) in [5.41, 5.74) is 0.316. The van der Waals surface area contributed by atoms with Gasteiger partial charge in [0.05, 0.1) is 10.6 Å². The molecule has 0 radical (unpaired) electrons. The Labute approximate surface area is 206 Å². The summed E-state index contributed by atoms with van der Waals surface area (Å²) in [6.45, 7) is -3.05. The minimum Gasteiger partial charge on any atom is -0.484 e. The molecule has 37 heavy (non-hydrogen) atoms. The average molecular weight is 551 g/mol. The molecule has 0 atom stereocenters. The summed E-state index contributed by atoms with van der Waals surface area (Å²) < 4.78 is 111. The predicted octanol–water partition coefficient (Wildman–Crippen LogP) is 4.75. The van der Waals surface area contributed by atoms with Gasteiger partial charge in [0.2, 0.25) is 10.0 Å². The van der Waals surface area contributed by atoms with E-state index in [4.69, 9.17) is 4.74 Å². The summed E-state index contributed by atoms with van der Waals surface area (Å²) >= 11 is 0. The van der Waals surface area contributed by atoms with Crippen LogP contribution in [0.1, 0.15) is 0 Å². The van der Waals surface area contributed by atoms with Crippen LogP contribution < -0.4 is 24.8 Å². The lowest BCUT2D eigenvalue weighted by Crippen LogP contribution is -2.20. The minimum absolute atomic E-state index is 0.00397. The Hall–Kier alpha value is -3.79. The van der Waals surface area contributed by atoms with Gasteiger partial charge in [0, 0.05) is 11.8 Å². The smallest absolute Gasteiger partial charge is 0.422 e. The quantitative estimate of drug-likeness (QED) is 0.309. The topological polar surface area (TPSA) is 114 Å². The van der Waals surface area contributed by atoms with Crippen molar-refractivity contribution in [1.82, 2.24) is 14.7 Å². The van der Waals surface area contributed by atoms with Gasteiger partial charge in [0.15, 0.2) is 13.2 Å². The van der Waals surface area contributed by atoms with Gasteiger partial charge < -0.3 is 20.1 Å². The van der Waals surface area contributed by atoms with Gasteiger partial charge in [-0.3, -0.25) is 0 Å². The summed E-state index contributed by atoms with van der Waals surface area (Å²) in [5, 5.41) is 5.59. The molecule has 1 heterocycles. The predicted molar refractivity (Wildman–Crippen MR) is 121 cm³/mol. The van der Waals surface area contributed by atoms with E-state index >= 15 is 0 Å². The fourth-order valence-electron chi connectivity index (χ4n) is 2.76. The highest BCUT2D eigenvalue weighted by molar-refractivity contribution is 7.89. The summed E-state index contributed by atoms with van der Waals surface area (Å²) in [7, 11) is -2.75. The molecule has 0 saturated carbocycles. The molecule has 0 aliphatic heterocycles. The molecule has 16 heteroatoms. The zero-order valence-electron chi connectivity index (χ0n) is 18.8. The maximum Gasteiger partial charge on any atom is 0.422 e. The van der Waals surface area contributed by atoms with Crippen molar-refractivity contribution in [2.24, 2.45) is 0 Å². The number of sulfonamides is 1. The maximum absolute atomic E-state index is 12.7. The van der Waals surface area contributed by atoms with E-state index in [2.05, 4.69) is 30.1 Å². The first-order valence-electron chi connectivity index (χ1n) is 10.2. The van der Waals surface area contributed by atoms with E-state index < -0.39 is 35.6 Å². The summed E-state index contributed by atoms with van der Waals surface area (Å²) in [5.74, 6) is -0.0117. The van der Waals surface area contributed by atoms with Gasteiger partial charge in [0.1, 0.15) is 29.5 Å². The van der Waals surface area contributed by atoms with Crippen LogP contribution in [0, 0.1) is 0 Å². The second kappa shape index (κ2) is 11.1. The van der Waals surface area contributed by atoms with Crippen LogP contribution in [0.5, 0.6) is 11.5 Å². The number of rotatable bonds is 10. The van der Waals surface area contributed by atoms with Crippen molar-refractivity contribution in [3.8, 4) is 11.5 Å². The normalized spacial score (nSPS) is 12.2. The lowest BCUT2D eigenvalue weighted by atomic mass is 10.3. The van der Waals surface area contributed by atoms with Crippen LogP contribution in [0.25, 0.3) is 0 Å². The van der Waals surface area contributed by atoms with E-state index in [1.165, 1.54) is 37.4 Å². The van der Waals surface area contributed by atoms with Crippen LogP contribution in [0.4, 0.5) is 49.4 Å². The van der Waals surface area contributed by atoms with Crippen LogP contribution in [0.15, 0.2) is 59.8 Å². The summed E-state index contributed by atoms with van der Waals surface area (Å²) in [4.78, 5) is 7.73. The van der Waals surface area contributed by atoms with E-state index in [0.29, 0.717) is 5.69 Å². The third-order valence-electron chi connectivity index (χ3n) is 4.38. The fourth-order valence-corrected chi connectivity index (χ4v) is 3.51. The molecule has 0 saturated heterocycles. The summed E-state index contributed by atoms with van der Waals surface area (Å²) in [6, 6.07) is 10.1. The second-order valence-electron chi connectivity index (χ2n) is 7.24. The third kappa shape index (κ3) is 8.68. The lowest BCUT2D eigenvalue weighted by molar-refractivity contribution is -0.154. The molecule has 1 aromatic heterocycles. The first-order chi connectivity index (χ1) is 17.2. The van der Waals surface area contributed by atoms with E-state index in [0.717, 1.165) is 24.5 Å². The molecule has 2 aromatic carbocycles. The highest BCUT2D eigenvalue weighted by Gasteiger charge is 2.29. The number of anilines is 4. The van der Waals surface area contributed by atoms with Crippen molar-refractivity contribution in [1.29, 1.82) is 0 Å². The van der Waals surface area contributed by atoms with Crippen LogP contribution in [0.2, 0.25) is 0 Å². The molecule has 3 aromatic rings. The number of nitrogens with one attached hydrogen (secondary N) is 3. The number of alkyl halides is 6. The van der Waals surface area contributed by atoms with Gasteiger partial charge in [0.25, 0.3) is 0 Å². The molecule has 200 valence electrons. The standard InChI is InChI=1S/C21H19F6N5O4S/c1-28-37(33,34)15-6-7-17(36-11-21(25,26)27)16(8-15)32-19-9-18(29-12-30-19)31-13-2-4-14(5-3-13)35-10-20(22,23)24/h2-9,12,28H,10-11H2,1H3,(H2,29,30,31,32). The number of aromatic nitrogens is 2. The van der Waals surface area contributed by atoms with Gasteiger partial charge in [-0.15, -0.1) is 0 Å². The van der Waals surface area contributed by atoms with Crippen molar-refractivity contribution in [3.63, 3.8) is 0 Å². The highest BCUT2D eigenvalue weighted by Crippen LogP contribution is 2.32. The van der Waals surface area contributed by atoms with Crippen molar-refractivity contribution in [3.05, 3.63) is 54.9 Å². The number of ether oxygens (including phenoxy) is 2. The van der Waals surface area contributed by atoms with E-state index in [-0.39, 0.29) is 33.7 Å². The molecule has 0 fully saturated rings. The zero-order chi connectivity index (χ0) is 27.3. The molecule has 0 aliphatic rings. The molecule has 0 amide bonds. The number of hydrogen-bond donors (Lipinski definition) is 3. The number of benzene rings is 2. The fraction of sp³-hybridized carbons (Fsp3) is 0.238. The summed E-state index contributed by atoms with van der Waals surface area (Å²) in [6.07, 6.45) is -7.99. The first-order valence-corrected chi connectivity index (χ1v) is 11.7. The van der Waals surface area contributed by atoms with Crippen molar-refractivity contribution < 1.29 is 44.2 Å². The van der Waals surface area contributed by atoms with Crippen molar-refractivity contribution >= 4 is 33.0 Å². The molecular formula is C21H19F6N5O4S. The maximum atomic E-state index is 12.7. The Morgan fingerprint density at radius 3 is 2.00 bits per heavy atom. The van der Waals surface area contributed by atoms with Crippen LogP contribution >= 0.6 is 0 Å². The molecule has 3 rings (SSSR count). The molecule has 9 nitrogen and oxygen atoms in total. The molecule has 0 aliphatic carbocycles. The molecular weight excluding hydrogens is 532 g/mol. The number of hydrogen-bond acceptors (Lipinski definition) is 8. The first kappa shape index (κ1) is 27.8. The Morgan fingerprint density at radius 2 is 1.41 bits per heavy atom. The number of halogens is 6. The van der Waals surface area contributed by atoms with E-state index in [9.17, 15) is 34.8 Å². The van der Waals surface area contributed by atoms with Crippen LogP contribution in [-0.4, -0.2) is 51.0 Å². The largest absolute Gasteiger partial charge is 0.484 e. The zero-order valence-corrected chi connectivity index (χ0v) is 19.6. The van der Waals surface area contributed by atoms with E-state index in [1.54, 1.807) is 0 Å². The van der Waals surface area contributed by atoms with Gasteiger partial charge in [-0.25, -0.2) is 23.1 Å².